The third kappa shape index (κ3) is 4.04. The number of nitrogens with zero attached hydrogens (tertiary/aromatic N) is 1. The van der Waals surface area contributed by atoms with Crippen LogP contribution in [-0.4, -0.2) is 23.3 Å². The standard InChI is InChI=1S/C28H25NO3/c1-17-14-19(3)23(15-18(17)2)25(30)16-32-28(31)26-20(4)27(21-10-6-5-7-11-21)29-24-13-9-8-12-22(24)26/h5-15H,16H2,1-4H3. The molecule has 1 heterocycles. The summed E-state index contributed by atoms with van der Waals surface area (Å²) in [4.78, 5) is 30.8. The fraction of sp³-hybridized carbons (Fsp3) is 0.179. The van der Waals surface area contributed by atoms with Crippen molar-refractivity contribution < 1.29 is 14.3 Å². The average molecular weight is 424 g/mol. The first-order valence-electron chi connectivity index (χ1n) is 10.6. The van der Waals surface area contributed by atoms with Crippen LogP contribution in [0.25, 0.3) is 22.2 Å². The summed E-state index contributed by atoms with van der Waals surface area (Å²) < 4.78 is 5.53. The lowest BCUT2D eigenvalue weighted by atomic mass is 9.97. The molecule has 3 aromatic carbocycles. The molecule has 0 aliphatic carbocycles. The number of carbonyl (C=O) groups excluding carboxylic acids is 2. The van der Waals surface area contributed by atoms with E-state index in [1.165, 1.54) is 0 Å². The molecule has 4 aromatic rings. The van der Waals surface area contributed by atoms with Gasteiger partial charge in [-0.25, -0.2) is 9.78 Å². The molecular weight excluding hydrogens is 398 g/mol. The number of hydrogen-bond acceptors (Lipinski definition) is 4. The Morgan fingerprint density at radius 2 is 1.47 bits per heavy atom. The molecule has 0 radical (unpaired) electrons. The topological polar surface area (TPSA) is 56.3 Å². The van der Waals surface area contributed by atoms with Gasteiger partial charge in [-0.05, 0) is 62.1 Å². The predicted octanol–water partition coefficient (Wildman–Crippen LogP) is 6.18. The van der Waals surface area contributed by atoms with Crippen LogP contribution in [0.15, 0.2) is 66.7 Å². The van der Waals surface area contributed by atoms with Gasteiger partial charge in [0.05, 0.1) is 16.8 Å². The van der Waals surface area contributed by atoms with Gasteiger partial charge in [-0.1, -0.05) is 54.6 Å². The van der Waals surface area contributed by atoms with E-state index in [-0.39, 0.29) is 12.4 Å². The smallest absolute Gasteiger partial charge is 0.339 e. The summed E-state index contributed by atoms with van der Waals surface area (Å²) in [6, 6.07) is 21.1. The Kier molecular flexibility index (Phi) is 5.87. The lowest BCUT2D eigenvalue weighted by Crippen LogP contribution is -2.17. The van der Waals surface area contributed by atoms with E-state index in [4.69, 9.17) is 9.72 Å². The van der Waals surface area contributed by atoms with E-state index in [2.05, 4.69) is 0 Å². The van der Waals surface area contributed by atoms with Gasteiger partial charge >= 0.3 is 5.97 Å². The first-order chi connectivity index (χ1) is 15.4. The second-order valence-corrected chi connectivity index (χ2v) is 8.09. The van der Waals surface area contributed by atoms with E-state index < -0.39 is 5.97 Å². The zero-order valence-electron chi connectivity index (χ0n) is 18.7. The Morgan fingerprint density at radius 3 is 2.22 bits per heavy atom. The van der Waals surface area contributed by atoms with Gasteiger partial charge in [0.15, 0.2) is 6.61 Å². The maximum Gasteiger partial charge on any atom is 0.339 e. The van der Waals surface area contributed by atoms with Crippen molar-refractivity contribution in [1.82, 2.24) is 4.98 Å². The number of pyridine rings is 1. The number of hydrogen-bond donors (Lipinski definition) is 0. The van der Waals surface area contributed by atoms with Crippen molar-refractivity contribution in [1.29, 1.82) is 0 Å². The van der Waals surface area contributed by atoms with Crippen LogP contribution in [0, 0.1) is 27.7 Å². The molecule has 1 aromatic heterocycles. The number of aromatic nitrogens is 1. The van der Waals surface area contributed by atoms with E-state index in [0.29, 0.717) is 22.0 Å². The van der Waals surface area contributed by atoms with Crippen LogP contribution in [0.3, 0.4) is 0 Å². The Hall–Kier alpha value is -3.79. The van der Waals surface area contributed by atoms with Gasteiger partial charge in [0.1, 0.15) is 0 Å². The minimum absolute atomic E-state index is 0.210. The van der Waals surface area contributed by atoms with Crippen LogP contribution in [0.5, 0.6) is 0 Å². The largest absolute Gasteiger partial charge is 0.454 e. The summed E-state index contributed by atoms with van der Waals surface area (Å²) in [6.45, 7) is 7.44. The number of fused-ring (bicyclic) bond motifs is 1. The van der Waals surface area contributed by atoms with Crippen molar-refractivity contribution in [2.24, 2.45) is 0 Å². The number of esters is 1. The van der Waals surface area contributed by atoms with Gasteiger partial charge < -0.3 is 4.74 Å². The summed E-state index contributed by atoms with van der Waals surface area (Å²) in [6.07, 6.45) is 0. The normalized spacial score (nSPS) is 10.9. The molecule has 160 valence electrons. The highest BCUT2D eigenvalue weighted by molar-refractivity contribution is 6.07. The first-order valence-corrected chi connectivity index (χ1v) is 10.6. The molecule has 0 atom stereocenters. The lowest BCUT2D eigenvalue weighted by molar-refractivity contribution is 0.0475. The molecule has 0 bridgehead atoms. The molecule has 4 nitrogen and oxygen atoms in total. The van der Waals surface area contributed by atoms with Crippen molar-refractivity contribution in [3.63, 3.8) is 0 Å². The number of ketones is 1. The first kappa shape index (κ1) is 21.4. The van der Waals surface area contributed by atoms with E-state index in [9.17, 15) is 9.59 Å². The summed E-state index contributed by atoms with van der Waals surface area (Å²) in [5, 5.41) is 0.712. The zero-order chi connectivity index (χ0) is 22.8. The molecule has 0 aliphatic rings. The van der Waals surface area contributed by atoms with Crippen LogP contribution < -0.4 is 0 Å². The maximum absolute atomic E-state index is 13.2. The third-order valence-corrected chi connectivity index (χ3v) is 5.86. The highest BCUT2D eigenvalue weighted by Gasteiger charge is 2.21. The fourth-order valence-electron chi connectivity index (χ4n) is 3.99. The van der Waals surface area contributed by atoms with Crippen LogP contribution in [0.4, 0.5) is 0 Å². The number of Topliss-reactive ketones (excluding diaryl/α,β-unsaturated/α-hetero) is 1. The predicted molar refractivity (Wildman–Crippen MR) is 127 cm³/mol. The molecular formula is C28H25NO3. The molecule has 0 amide bonds. The molecule has 0 spiro atoms. The second kappa shape index (κ2) is 8.75. The van der Waals surface area contributed by atoms with Gasteiger partial charge in [-0.2, -0.15) is 0 Å². The number of ether oxygens (including phenoxy) is 1. The van der Waals surface area contributed by atoms with Crippen LogP contribution in [0.1, 0.15) is 43.0 Å². The van der Waals surface area contributed by atoms with E-state index in [0.717, 1.165) is 33.5 Å². The number of aryl methyl sites for hydroxylation is 3. The lowest BCUT2D eigenvalue weighted by Gasteiger charge is -2.14. The summed E-state index contributed by atoms with van der Waals surface area (Å²) in [7, 11) is 0. The summed E-state index contributed by atoms with van der Waals surface area (Å²) >= 11 is 0. The average Bonchev–Trinajstić information content (AvgIpc) is 2.79. The molecule has 0 fully saturated rings. The molecule has 0 aliphatic heterocycles. The minimum Gasteiger partial charge on any atom is -0.454 e. The van der Waals surface area contributed by atoms with Crippen molar-refractivity contribution in [3.05, 3.63) is 100 Å². The Morgan fingerprint density at radius 1 is 0.812 bits per heavy atom. The number of para-hydroxylation sites is 1. The Labute approximate surface area is 187 Å². The zero-order valence-corrected chi connectivity index (χ0v) is 18.7. The van der Waals surface area contributed by atoms with E-state index in [1.807, 2.05) is 94.4 Å². The third-order valence-electron chi connectivity index (χ3n) is 5.86. The van der Waals surface area contributed by atoms with Gasteiger partial charge in [0.25, 0.3) is 0 Å². The highest BCUT2D eigenvalue weighted by Crippen LogP contribution is 2.30. The number of carbonyl (C=O) groups is 2. The number of benzene rings is 3. The number of rotatable bonds is 5. The fourth-order valence-corrected chi connectivity index (χ4v) is 3.99. The summed E-state index contributed by atoms with van der Waals surface area (Å²) in [5.74, 6) is -0.730. The van der Waals surface area contributed by atoms with Gasteiger partial charge in [0.2, 0.25) is 5.78 Å². The highest BCUT2D eigenvalue weighted by atomic mass is 16.5. The Bertz CT molecular complexity index is 1340. The monoisotopic (exact) mass is 423 g/mol. The summed E-state index contributed by atoms with van der Waals surface area (Å²) in [5.41, 5.74) is 7.17. The SMILES string of the molecule is Cc1cc(C)c(C(=O)COC(=O)c2c(C)c(-c3ccccc3)nc3ccccc23)cc1C. The molecule has 0 saturated carbocycles. The molecule has 4 heteroatoms. The van der Waals surface area contributed by atoms with Crippen LogP contribution >= 0.6 is 0 Å². The van der Waals surface area contributed by atoms with Crippen molar-refractivity contribution in [2.45, 2.75) is 27.7 Å². The maximum atomic E-state index is 13.2. The minimum atomic E-state index is -0.520. The second-order valence-electron chi connectivity index (χ2n) is 8.09. The van der Waals surface area contributed by atoms with Crippen molar-refractivity contribution in [2.75, 3.05) is 6.61 Å². The van der Waals surface area contributed by atoms with Gasteiger partial charge in [-0.15, -0.1) is 0 Å². The molecule has 4 rings (SSSR count). The molecule has 32 heavy (non-hydrogen) atoms. The quantitative estimate of drug-likeness (QED) is 0.284. The Balaban J connectivity index is 1.69. The molecule has 0 N–H and O–H groups in total. The van der Waals surface area contributed by atoms with E-state index >= 15 is 0 Å². The van der Waals surface area contributed by atoms with E-state index in [1.54, 1.807) is 0 Å². The van der Waals surface area contributed by atoms with Crippen molar-refractivity contribution in [3.8, 4) is 11.3 Å². The van der Waals surface area contributed by atoms with Crippen LogP contribution in [-0.2, 0) is 4.74 Å². The van der Waals surface area contributed by atoms with Gasteiger partial charge in [0, 0.05) is 16.5 Å². The molecule has 0 unspecified atom stereocenters. The molecule has 0 saturated heterocycles. The van der Waals surface area contributed by atoms with Gasteiger partial charge in [-0.3, -0.25) is 4.79 Å². The van der Waals surface area contributed by atoms with Crippen molar-refractivity contribution >= 4 is 22.7 Å². The van der Waals surface area contributed by atoms with Crippen LogP contribution in [0.2, 0.25) is 0 Å².